The van der Waals surface area contributed by atoms with Crippen LogP contribution < -0.4 is 20.4 Å². The Hall–Kier alpha value is -2.55. The van der Waals surface area contributed by atoms with Crippen LogP contribution in [0.5, 0.6) is 0 Å². The fraction of sp³-hybridized carbons (Fsp3) is 0.400. The lowest BCUT2D eigenvalue weighted by Gasteiger charge is -2.28. The van der Waals surface area contributed by atoms with Crippen molar-refractivity contribution < 1.29 is 14.3 Å². The van der Waals surface area contributed by atoms with Crippen LogP contribution in [0.15, 0.2) is 42.6 Å². The monoisotopic (exact) mass is 417 g/mol. The molecule has 2 saturated heterocycles. The first-order valence-corrected chi connectivity index (χ1v) is 10.0. The van der Waals surface area contributed by atoms with Crippen LogP contribution in [0.1, 0.15) is 0 Å². The normalized spacial score (nSPS) is 19.3. The molecule has 1 unspecified atom stereocenters. The van der Waals surface area contributed by atoms with E-state index < -0.39 is 0 Å². The average molecular weight is 418 g/mol. The Kier molecular flexibility index (Phi) is 6.33. The summed E-state index contributed by atoms with van der Waals surface area (Å²) in [7, 11) is 0. The fourth-order valence-corrected chi connectivity index (χ4v) is 3.44. The van der Waals surface area contributed by atoms with Crippen molar-refractivity contribution in [3.8, 4) is 0 Å². The molecule has 2 aliphatic heterocycles. The lowest BCUT2D eigenvalue weighted by Crippen LogP contribution is -2.37. The Morgan fingerprint density at radius 3 is 2.66 bits per heavy atom. The van der Waals surface area contributed by atoms with Gasteiger partial charge in [0.25, 0.3) is 0 Å². The SMILES string of the molecule is O=C(NCC1CN(c2ccc(N3CCOCC3)nc2)CO1)Nc1ccc(Cl)cc1. The smallest absolute Gasteiger partial charge is 0.319 e. The third-order valence-corrected chi connectivity index (χ3v) is 5.17. The summed E-state index contributed by atoms with van der Waals surface area (Å²) in [5.41, 5.74) is 1.70. The van der Waals surface area contributed by atoms with E-state index in [0.29, 0.717) is 30.5 Å². The number of rotatable bonds is 5. The first-order chi connectivity index (χ1) is 14.2. The Morgan fingerprint density at radius 1 is 1.14 bits per heavy atom. The second-order valence-corrected chi connectivity index (χ2v) is 7.39. The minimum atomic E-state index is -0.272. The van der Waals surface area contributed by atoms with Crippen molar-refractivity contribution in [1.29, 1.82) is 0 Å². The maximum Gasteiger partial charge on any atom is 0.319 e. The lowest BCUT2D eigenvalue weighted by atomic mass is 10.3. The van der Waals surface area contributed by atoms with Gasteiger partial charge in [0.2, 0.25) is 0 Å². The molecule has 2 fully saturated rings. The van der Waals surface area contributed by atoms with E-state index in [9.17, 15) is 4.79 Å². The van der Waals surface area contributed by atoms with E-state index in [0.717, 1.165) is 37.8 Å². The van der Waals surface area contributed by atoms with E-state index in [1.165, 1.54) is 0 Å². The molecule has 1 aromatic carbocycles. The average Bonchev–Trinajstić information content (AvgIpc) is 3.24. The number of anilines is 3. The van der Waals surface area contributed by atoms with Gasteiger partial charge in [-0.25, -0.2) is 9.78 Å². The van der Waals surface area contributed by atoms with Gasteiger partial charge in [-0.2, -0.15) is 0 Å². The number of hydrogen-bond donors (Lipinski definition) is 2. The zero-order valence-electron chi connectivity index (χ0n) is 16.0. The van der Waals surface area contributed by atoms with Gasteiger partial charge in [0.1, 0.15) is 12.5 Å². The maximum atomic E-state index is 12.0. The van der Waals surface area contributed by atoms with Gasteiger partial charge >= 0.3 is 6.03 Å². The van der Waals surface area contributed by atoms with Crippen LogP contribution in [-0.2, 0) is 9.47 Å². The highest BCUT2D eigenvalue weighted by Crippen LogP contribution is 2.22. The quantitative estimate of drug-likeness (QED) is 0.778. The minimum Gasteiger partial charge on any atom is -0.378 e. The van der Waals surface area contributed by atoms with Crippen LogP contribution in [0.3, 0.4) is 0 Å². The molecule has 1 atom stereocenters. The summed E-state index contributed by atoms with van der Waals surface area (Å²) in [6, 6.07) is 10.8. The summed E-state index contributed by atoms with van der Waals surface area (Å²) < 4.78 is 11.2. The number of pyridine rings is 1. The number of ether oxygens (including phenoxy) is 2. The number of nitrogens with one attached hydrogen (secondary N) is 2. The van der Waals surface area contributed by atoms with E-state index in [1.54, 1.807) is 24.3 Å². The Morgan fingerprint density at radius 2 is 1.93 bits per heavy atom. The Balaban J connectivity index is 1.23. The molecule has 2 N–H and O–H groups in total. The molecule has 3 heterocycles. The molecule has 4 rings (SSSR count). The number of halogens is 1. The molecule has 0 saturated carbocycles. The van der Waals surface area contributed by atoms with Crippen molar-refractivity contribution in [3.05, 3.63) is 47.6 Å². The Bertz CT molecular complexity index is 812. The highest BCUT2D eigenvalue weighted by molar-refractivity contribution is 6.30. The molecule has 1 aromatic heterocycles. The highest BCUT2D eigenvalue weighted by Gasteiger charge is 2.24. The molecule has 0 radical (unpaired) electrons. The van der Waals surface area contributed by atoms with Gasteiger partial charge in [0.05, 0.1) is 31.2 Å². The van der Waals surface area contributed by atoms with Gasteiger partial charge in [-0.15, -0.1) is 0 Å². The van der Waals surface area contributed by atoms with Crippen molar-refractivity contribution in [2.45, 2.75) is 6.10 Å². The van der Waals surface area contributed by atoms with Crippen molar-refractivity contribution in [1.82, 2.24) is 10.3 Å². The molecule has 2 amide bonds. The first kappa shape index (κ1) is 19.8. The van der Waals surface area contributed by atoms with Crippen molar-refractivity contribution in [3.63, 3.8) is 0 Å². The van der Waals surface area contributed by atoms with Crippen LogP contribution in [0.25, 0.3) is 0 Å². The standard InChI is InChI=1S/C20H24ClN5O3/c21-15-1-3-16(4-2-15)24-20(27)23-12-18-13-26(14-29-18)17-5-6-19(22-11-17)25-7-9-28-10-8-25/h1-6,11,18H,7-10,12-14H2,(H2,23,24,27). The minimum absolute atomic E-state index is 0.0788. The van der Waals surface area contributed by atoms with Gasteiger partial charge in [0.15, 0.2) is 0 Å². The van der Waals surface area contributed by atoms with Crippen molar-refractivity contribution >= 4 is 34.8 Å². The van der Waals surface area contributed by atoms with Gasteiger partial charge < -0.3 is 29.9 Å². The molecule has 2 aromatic rings. The predicted octanol–water partition coefficient (Wildman–Crippen LogP) is 2.56. The molecule has 2 aliphatic rings. The molecule has 8 nitrogen and oxygen atoms in total. The van der Waals surface area contributed by atoms with Crippen LogP contribution in [-0.4, -0.2) is 63.2 Å². The summed E-state index contributed by atoms with van der Waals surface area (Å²) in [6.45, 7) is 4.81. The van der Waals surface area contributed by atoms with Crippen LogP contribution in [0.2, 0.25) is 5.02 Å². The number of urea groups is 1. The number of carbonyl (C=O) groups excluding carboxylic acids is 1. The zero-order chi connectivity index (χ0) is 20.1. The second-order valence-electron chi connectivity index (χ2n) is 6.96. The molecule has 0 bridgehead atoms. The van der Waals surface area contributed by atoms with Crippen LogP contribution in [0.4, 0.5) is 22.0 Å². The molecule has 9 heteroatoms. The third-order valence-electron chi connectivity index (χ3n) is 4.91. The Labute approximate surface area is 174 Å². The van der Waals surface area contributed by atoms with Crippen LogP contribution >= 0.6 is 11.6 Å². The van der Waals surface area contributed by atoms with Gasteiger partial charge in [0, 0.05) is 36.9 Å². The van der Waals surface area contributed by atoms with Gasteiger partial charge in [-0.05, 0) is 36.4 Å². The molecule has 0 spiro atoms. The second kappa shape index (κ2) is 9.30. The first-order valence-electron chi connectivity index (χ1n) is 9.63. The van der Waals surface area contributed by atoms with E-state index in [1.807, 2.05) is 12.3 Å². The molecule has 0 aliphatic carbocycles. The summed E-state index contributed by atoms with van der Waals surface area (Å²) in [5, 5.41) is 6.24. The van der Waals surface area contributed by atoms with Crippen molar-refractivity contribution in [2.75, 3.05) is 61.2 Å². The largest absolute Gasteiger partial charge is 0.378 e. The van der Waals surface area contributed by atoms with Crippen LogP contribution in [0, 0.1) is 0 Å². The summed E-state index contributed by atoms with van der Waals surface area (Å²) in [6.07, 6.45) is 1.79. The van der Waals surface area contributed by atoms with E-state index in [-0.39, 0.29) is 12.1 Å². The van der Waals surface area contributed by atoms with E-state index in [4.69, 9.17) is 21.1 Å². The van der Waals surface area contributed by atoms with E-state index >= 15 is 0 Å². The number of amides is 2. The predicted molar refractivity (Wildman–Crippen MR) is 113 cm³/mol. The third kappa shape index (κ3) is 5.29. The molecular weight excluding hydrogens is 394 g/mol. The van der Waals surface area contributed by atoms with Gasteiger partial charge in [-0.3, -0.25) is 0 Å². The maximum absolute atomic E-state index is 12.0. The molecule has 29 heavy (non-hydrogen) atoms. The number of benzene rings is 1. The van der Waals surface area contributed by atoms with Gasteiger partial charge in [-0.1, -0.05) is 11.6 Å². The van der Waals surface area contributed by atoms with E-state index in [2.05, 4.69) is 31.5 Å². The number of morpholine rings is 1. The fourth-order valence-electron chi connectivity index (χ4n) is 3.31. The number of carbonyl (C=O) groups is 1. The summed E-state index contributed by atoms with van der Waals surface area (Å²) in [5.74, 6) is 0.967. The number of nitrogens with zero attached hydrogens (tertiary/aromatic N) is 3. The zero-order valence-corrected chi connectivity index (χ0v) is 16.8. The summed E-state index contributed by atoms with van der Waals surface area (Å²) in [4.78, 5) is 21.0. The molecule has 154 valence electrons. The highest BCUT2D eigenvalue weighted by atomic mass is 35.5. The topological polar surface area (TPSA) is 79.0 Å². The number of hydrogen-bond acceptors (Lipinski definition) is 6. The number of aromatic nitrogens is 1. The lowest BCUT2D eigenvalue weighted by molar-refractivity contribution is 0.117. The summed E-state index contributed by atoms with van der Waals surface area (Å²) >= 11 is 5.85. The molecular formula is C20H24ClN5O3. The van der Waals surface area contributed by atoms with Crippen molar-refractivity contribution in [2.24, 2.45) is 0 Å².